The number of likely N-dealkylation sites (N-methyl/N-ethyl adjacent to an activating group) is 1. The van der Waals surface area contributed by atoms with Gasteiger partial charge in [0.1, 0.15) is 0 Å². The summed E-state index contributed by atoms with van der Waals surface area (Å²) in [4.78, 5) is 13.6. The molecule has 1 amide bonds. The molecule has 0 aromatic heterocycles. The number of nitrogens with zero attached hydrogens (tertiary/aromatic N) is 1. The van der Waals surface area contributed by atoms with E-state index in [1.165, 1.54) is 25.7 Å². The molecule has 1 aliphatic rings. The highest BCUT2D eigenvalue weighted by atomic mass is 16.2. The Kier molecular flexibility index (Phi) is 5.96. The number of nitrogens with one attached hydrogen (secondary N) is 1. The van der Waals surface area contributed by atoms with Gasteiger partial charge in [0.15, 0.2) is 0 Å². The van der Waals surface area contributed by atoms with E-state index in [0.717, 1.165) is 18.4 Å². The second-order valence-corrected chi connectivity index (χ2v) is 5.75. The lowest BCUT2D eigenvalue weighted by molar-refractivity contribution is -0.130. The van der Waals surface area contributed by atoms with E-state index in [4.69, 9.17) is 0 Å². The summed E-state index contributed by atoms with van der Waals surface area (Å²) in [6.45, 7) is 7.91. The Bertz CT molecular complexity index is 240. The van der Waals surface area contributed by atoms with Crippen molar-refractivity contribution >= 4 is 5.91 Å². The second-order valence-electron chi connectivity index (χ2n) is 5.75. The van der Waals surface area contributed by atoms with Gasteiger partial charge in [-0.25, -0.2) is 0 Å². The minimum Gasteiger partial charge on any atom is -0.342 e. The predicted octanol–water partition coefficient (Wildman–Crippen LogP) is 2.27. The molecular formula is C14H28N2O. The quantitative estimate of drug-likeness (QED) is 0.799. The zero-order valence-corrected chi connectivity index (χ0v) is 11.8. The molecule has 0 aromatic rings. The summed E-state index contributed by atoms with van der Waals surface area (Å²) in [5.74, 6) is 1.78. The van der Waals surface area contributed by atoms with E-state index in [2.05, 4.69) is 12.2 Å². The van der Waals surface area contributed by atoms with Gasteiger partial charge in [-0.2, -0.15) is 0 Å². The zero-order chi connectivity index (χ0) is 12.8. The average molecular weight is 240 g/mol. The molecule has 0 saturated heterocycles. The van der Waals surface area contributed by atoms with E-state index in [9.17, 15) is 4.79 Å². The van der Waals surface area contributed by atoms with E-state index >= 15 is 0 Å². The van der Waals surface area contributed by atoms with Gasteiger partial charge in [0, 0.05) is 13.1 Å². The molecule has 100 valence electrons. The third-order valence-electron chi connectivity index (χ3n) is 4.14. The maximum Gasteiger partial charge on any atom is 0.236 e. The Morgan fingerprint density at radius 1 is 1.35 bits per heavy atom. The average Bonchev–Trinajstić information content (AvgIpc) is 2.30. The van der Waals surface area contributed by atoms with Crippen LogP contribution in [0.1, 0.15) is 46.5 Å². The maximum atomic E-state index is 11.8. The molecular weight excluding hydrogens is 212 g/mol. The van der Waals surface area contributed by atoms with Crippen molar-refractivity contribution in [2.24, 2.45) is 11.8 Å². The first-order valence-corrected chi connectivity index (χ1v) is 6.98. The number of hydrogen-bond acceptors (Lipinski definition) is 2. The van der Waals surface area contributed by atoms with Crippen LogP contribution < -0.4 is 5.32 Å². The molecule has 0 heterocycles. The SMILES string of the molecule is CC1CCCCC1CNCC(=O)N(C)C(C)C. The molecule has 0 bridgehead atoms. The van der Waals surface area contributed by atoms with E-state index in [1.807, 2.05) is 20.9 Å². The lowest BCUT2D eigenvalue weighted by Gasteiger charge is -2.29. The summed E-state index contributed by atoms with van der Waals surface area (Å²) < 4.78 is 0. The summed E-state index contributed by atoms with van der Waals surface area (Å²) in [6, 6.07) is 0.290. The van der Waals surface area contributed by atoms with Gasteiger partial charge in [-0.1, -0.05) is 26.2 Å². The van der Waals surface area contributed by atoms with Crippen molar-refractivity contribution in [3.8, 4) is 0 Å². The van der Waals surface area contributed by atoms with Gasteiger partial charge in [0.2, 0.25) is 5.91 Å². The Balaban J connectivity index is 2.20. The maximum absolute atomic E-state index is 11.8. The molecule has 0 aliphatic heterocycles. The summed E-state index contributed by atoms with van der Waals surface area (Å²) >= 11 is 0. The molecule has 1 N–H and O–H groups in total. The first kappa shape index (κ1) is 14.5. The molecule has 3 heteroatoms. The number of hydrogen-bond donors (Lipinski definition) is 1. The van der Waals surface area contributed by atoms with Crippen molar-refractivity contribution in [3.63, 3.8) is 0 Å². The molecule has 1 aliphatic carbocycles. The van der Waals surface area contributed by atoms with Crippen LogP contribution in [0.4, 0.5) is 0 Å². The molecule has 0 aromatic carbocycles. The van der Waals surface area contributed by atoms with Crippen molar-refractivity contribution in [2.45, 2.75) is 52.5 Å². The fourth-order valence-corrected chi connectivity index (χ4v) is 2.47. The molecule has 0 spiro atoms. The van der Waals surface area contributed by atoms with E-state index < -0.39 is 0 Å². The molecule has 3 nitrogen and oxygen atoms in total. The molecule has 2 atom stereocenters. The molecule has 0 radical (unpaired) electrons. The van der Waals surface area contributed by atoms with Gasteiger partial charge < -0.3 is 10.2 Å². The van der Waals surface area contributed by atoms with Crippen LogP contribution in [-0.2, 0) is 4.79 Å². The number of amides is 1. The lowest BCUT2D eigenvalue weighted by atomic mass is 9.80. The Morgan fingerprint density at radius 3 is 2.59 bits per heavy atom. The van der Waals surface area contributed by atoms with Crippen molar-refractivity contribution in [1.82, 2.24) is 10.2 Å². The highest BCUT2D eigenvalue weighted by Gasteiger charge is 2.21. The summed E-state index contributed by atoms with van der Waals surface area (Å²) in [5, 5.41) is 3.33. The van der Waals surface area contributed by atoms with Crippen molar-refractivity contribution < 1.29 is 4.79 Å². The van der Waals surface area contributed by atoms with Gasteiger partial charge in [-0.05, 0) is 38.6 Å². The van der Waals surface area contributed by atoms with Crippen LogP contribution in [0.5, 0.6) is 0 Å². The number of rotatable bonds is 5. The van der Waals surface area contributed by atoms with Gasteiger partial charge in [-0.3, -0.25) is 4.79 Å². The number of carbonyl (C=O) groups excluding carboxylic acids is 1. The number of carbonyl (C=O) groups is 1. The molecule has 17 heavy (non-hydrogen) atoms. The summed E-state index contributed by atoms with van der Waals surface area (Å²) in [5.41, 5.74) is 0. The lowest BCUT2D eigenvalue weighted by Crippen LogP contribution is -2.41. The van der Waals surface area contributed by atoms with Crippen molar-refractivity contribution in [2.75, 3.05) is 20.1 Å². The van der Waals surface area contributed by atoms with Crippen LogP contribution in [0.3, 0.4) is 0 Å². The van der Waals surface area contributed by atoms with Gasteiger partial charge >= 0.3 is 0 Å². The van der Waals surface area contributed by atoms with Crippen molar-refractivity contribution in [1.29, 1.82) is 0 Å². The normalized spacial score (nSPS) is 25.0. The fraction of sp³-hybridized carbons (Fsp3) is 0.929. The fourth-order valence-electron chi connectivity index (χ4n) is 2.47. The van der Waals surface area contributed by atoms with Crippen LogP contribution in [0.2, 0.25) is 0 Å². The zero-order valence-electron chi connectivity index (χ0n) is 11.8. The Hall–Kier alpha value is -0.570. The van der Waals surface area contributed by atoms with Crippen LogP contribution in [0.25, 0.3) is 0 Å². The van der Waals surface area contributed by atoms with Crippen molar-refractivity contribution in [3.05, 3.63) is 0 Å². The van der Waals surface area contributed by atoms with E-state index in [-0.39, 0.29) is 11.9 Å². The molecule has 1 saturated carbocycles. The van der Waals surface area contributed by atoms with Gasteiger partial charge in [0.25, 0.3) is 0 Å². The van der Waals surface area contributed by atoms with E-state index in [0.29, 0.717) is 6.54 Å². The summed E-state index contributed by atoms with van der Waals surface area (Å²) in [6.07, 6.45) is 5.41. The smallest absolute Gasteiger partial charge is 0.236 e. The highest BCUT2D eigenvalue weighted by molar-refractivity contribution is 5.78. The highest BCUT2D eigenvalue weighted by Crippen LogP contribution is 2.28. The van der Waals surface area contributed by atoms with Gasteiger partial charge in [-0.15, -0.1) is 0 Å². The molecule has 1 fully saturated rings. The largest absolute Gasteiger partial charge is 0.342 e. The molecule has 2 unspecified atom stereocenters. The third-order valence-corrected chi connectivity index (χ3v) is 4.14. The van der Waals surface area contributed by atoms with Crippen LogP contribution in [0, 0.1) is 11.8 Å². The minimum absolute atomic E-state index is 0.198. The second kappa shape index (κ2) is 7.00. The van der Waals surface area contributed by atoms with Crippen LogP contribution in [-0.4, -0.2) is 37.0 Å². The van der Waals surface area contributed by atoms with Gasteiger partial charge in [0.05, 0.1) is 6.54 Å². The Labute approximate surface area is 106 Å². The Morgan fingerprint density at radius 2 is 2.00 bits per heavy atom. The predicted molar refractivity (Wildman–Crippen MR) is 71.9 cm³/mol. The van der Waals surface area contributed by atoms with Crippen LogP contribution in [0.15, 0.2) is 0 Å². The molecule has 1 rings (SSSR count). The third kappa shape index (κ3) is 4.66. The van der Waals surface area contributed by atoms with E-state index in [1.54, 1.807) is 4.90 Å². The monoisotopic (exact) mass is 240 g/mol. The first-order valence-electron chi connectivity index (χ1n) is 6.98. The summed E-state index contributed by atoms with van der Waals surface area (Å²) in [7, 11) is 1.87. The minimum atomic E-state index is 0.198. The van der Waals surface area contributed by atoms with Crippen LogP contribution >= 0.6 is 0 Å². The first-order chi connectivity index (χ1) is 8.02. The standard InChI is InChI=1S/C14H28N2O/c1-11(2)16(4)14(17)10-15-9-13-8-6-5-7-12(13)3/h11-13,15H,5-10H2,1-4H3. The topological polar surface area (TPSA) is 32.3 Å².